The van der Waals surface area contributed by atoms with Crippen molar-refractivity contribution < 1.29 is 28.8 Å². The molecule has 0 atom stereocenters. The summed E-state index contributed by atoms with van der Waals surface area (Å²) in [4.78, 5) is 12.4. The fraction of sp³-hybridized carbons (Fsp3) is 0.148. The SMILES string of the molecule is COc1cc(C=Cc2cc(O)c(OC)c(NC=CC(=O)c3ccc(Cl)cc3)c2)cc(OC)c1OC. The molecule has 0 aliphatic rings. The number of ether oxygens (including phenoxy) is 4. The molecule has 0 unspecified atom stereocenters. The standard InChI is InChI=1S/C27H26ClNO6/c1-32-24-15-18(16-25(33-2)27(24)35-4)6-5-17-13-21(26(34-3)23(31)14-17)29-12-11-22(30)19-7-9-20(28)10-8-19/h5-16,29,31H,1-4H3. The molecule has 0 bridgehead atoms. The van der Waals surface area contributed by atoms with Gasteiger partial charge in [-0.2, -0.15) is 0 Å². The Kier molecular flexibility index (Phi) is 8.64. The van der Waals surface area contributed by atoms with E-state index in [2.05, 4.69) is 5.32 Å². The summed E-state index contributed by atoms with van der Waals surface area (Å²) in [6, 6.07) is 13.6. The van der Waals surface area contributed by atoms with E-state index in [0.29, 0.717) is 39.1 Å². The summed E-state index contributed by atoms with van der Waals surface area (Å²) < 4.78 is 21.5. The number of benzene rings is 3. The number of nitrogens with one attached hydrogen (secondary N) is 1. The van der Waals surface area contributed by atoms with E-state index in [4.69, 9.17) is 30.5 Å². The van der Waals surface area contributed by atoms with Crippen molar-refractivity contribution in [2.45, 2.75) is 0 Å². The van der Waals surface area contributed by atoms with Gasteiger partial charge in [-0.3, -0.25) is 4.79 Å². The maximum absolute atomic E-state index is 12.4. The Bertz CT molecular complexity index is 1230. The zero-order chi connectivity index (χ0) is 25.4. The van der Waals surface area contributed by atoms with E-state index in [1.165, 1.54) is 19.4 Å². The minimum atomic E-state index is -0.198. The van der Waals surface area contributed by atoms with Gasteiger partial charge in [-0.05, 0) is 59.7 Å². The van der Waals surface area contributed by atoms with Crippen LogP contribution >= 0.6 is 11.6 Å². The molecule has 3 aromatic carbocycles. The first-order chi connectivity index (χ1) is 16.9. The highest BCUT2D eigenvalue weighted by Crippen LogP contribution is 2.39. The van der Waals surface area contributed by atoms with Crippen LogP contribution in [0.4, 0.5) is 5.69 Å². The van der Waals surface area contributed by atoms with Gasteiger partial charge in [0, 0.05) is 22.9 Å². The Labute approximate surface area is 209 Å². The van der Waals surface area contributed by atoms with Gasteiger partial charge in [0.25, 0.3) is 0 Å². The lowest BCUT2D eigenvalue weighted by Crippen LogP contribution is -1.98. The van der Waals surface area contributed by atoms with Crippen LogP contribution < -0.4 is 24.3 Å². The van der Waals surface area contributed by atoms with Crippen molar-refractivity contribution >= 4 is 35.2 Å². The van der Waals surface area contributed by atoms with Gasteiger partial charge < -0.3 is 29.4 Å². The molecule has 8 heteroatoms. The highest BCUT2D eigenvalue weighted by molar-refractivity contribution is 6.30. The average Bonchev–Trinajstić information content (AvgIpc) is 2.86. The molecule has 35 heavy (non-hydrogen) atoms. The van der Waals surface area contributed by atoms with E-state index in [0.717, 1.165) is 5.56 Å². The number of phenolic OH excluding ortho intramolecular Hbond substituents is 1. The third kappa shape index (κ3) is 6.28. The van der Waals surface area contributed by atoms with E-state index >= 15 is 0 Å². The number of carbonyl (C=O) groups excluding carboxylic acids is 1. The molecule has 3 aromatic rings. The zero-order valence-electron chi connectivity index (χ0n) is 19.8. The lowest BCUT2D eigenvalue weighted by Gasteiger charge is -2.13. The Morgan fingerprint density at radius 2 is 1.40 bits per heavy atom. The predicted molar refractivity (Wildman–Crippen MR) is 138 cm³/mol. The first-order valence-corrected chi connectivity index (χ1v) is 10.9. The molecule has 0 radical (unpaired) electrons. The molecule has 3 rings (SSSR count). The number of methoxy groups -OCH3 is 4. The van der Waals surface area contributed by atoms with Gasteiger partial charge in [0.2, 0.25) is 5.75 Å². The van der Waals surface area contributed by atoms with Crippen molar-refractivity contribution in [2.24, 2.45) is 0 Å². The second-order valence-electron chi connectivity index (χ2n) is 7.26. The minimum absolute atomic E-state index is 0.0560. The molecule has 0 spiro atoms. The monoisotopic (exact) mass is 495 g/mol. The highest BCUT2D eigenvalue weighted by Gasteiger charge is 2.13. The van der Waals surface area contributed by atoms with Gasteiger partial charge in [0.15, 0.2) is 28.8 Å². The first kappa shape index (κ1) is 25.5. The summed E-state index contributed by atoms with van der Waals surface area (Å²) in [7, 11) is 6.10. The third-order valence-corrected chi connectivity index (χ3v) is 5.31. The van der Waals surface area contributed by atoms with Gasteiger partial charge in [0.05, 0.1) is 34.1 Å². The Balaban J connectivity index is 1.85. The van der Waals surface area contributed by atoms with E-state index in [-0.39, 0.29) is 17.3 Å². The summed E-state index contributed by atoms with van der Waals surface area (Å²) in [5.41, 5.74) is 2.48. The van der Waals surface area contributed by atoms with Crippen LogP contribution in [0, 0.1) is 0 Å². The number of ketones is 1. The smallest absolute Gasteiger partial charge is 0.203 e. The summed E-state index contributed by atoms with van der Waals surface area (Å²) >= 11 is 5.87. The van der Waals surface area contributed by atoms with Gasteiger partial charge in [-0.15, -0.1) is 0 Å². The van der Waals surface area contributed by atoms with Crippen molar-refractivity contribution in [3.8, 4) is 28.7 Å². The van der Waals surface area contributed by atoms with Gasteiger partial charge in [-0.25, -0.2) is 0 Å². The molecule has 0 aromatic heterocycles. The number of hydrogen-bond acceptors (Lipinski definition) is 7. The molecule has 0 aliphatic carbocycles. The van der Waals surface area contributed by atoms with Gasteiger partial charge >= 0.3 is 0 Å². The van der Waals surface area contributed by atoms with Gasteiger partial charge in [0.1, 0.15) is 0 Å². The zero-order valence-corrected chi connectivity index (χ0v) is 20.6. The van der Waals surface area contributed by atoms with Crippen molar-refractivity contribution in [1.29, 1.82) is 0 Å². The molecule has 0 aliphatic heterocycles. The fourth-order valence-electron chi connectivity index (χ4n) is 3.36. The highest BCUT2D eigenvalue weighted by atomic mass is 35.5. The molecule has 2 N–H and O–H groups in total. The van der Waals surface area contributed by atoms with Crippen molar-refractivity contribution in [2.75, 3.05) is 33.8 Å². The molecule has 0 fully saturated rings. The third-order valence-electron chi connectivity index (χ3n) is 5.05. The topological polar surface area (TPSA) is 86.2 Å². The van der Waals surface area contributed by atoms with Crippen LogP contribution in [0.1, 0.15) is 21.5 Å². The summed E-state index contributed by atoms with van der Waals surface area (Å²) in [5, 5.41) is 14.0. The number of rotatable bonds is 10. The Hall–Kier alpha value is -4.10. The number of halogens is 1. The number of aromatic hydroxyl groups is 1. The predicted octanol–water partition coefficient (Wildman–Crippen LogP) is 6.06. The molecule has 0 amide bonds. The minimum Gasteiger partial charge on any atom is -0.504 e. The van der Waals surface area contributed by atoms with Crippen LogP contribution in [0.2, 0.25) is 5.02 Å². The number of phenols is 1. The number of anilines is 1. The Morgan fingerprint density at radius 3 is 1.94 bits per heavy atom. The fourth-order valence-corrected chi connectivity index (χ4v) is 3.49. The summed E-state index contributed by atoms with van der Waals surface area (Å²) in [6.45, 7) is 0. The first-order valence-electron chi connectivity index (χ1n) is 10.5. The normalized spacial score (nSPS) is 11.0. The number of carbonyl (C=O) groups is 1. The lowest BCUT2D eigenvalue weighted by molar-refractivity contribution is 0.104. The molecule has 0 saturated carbocycles. The van der Waals surface area contributed by atoms with Crippen LogP contribution in [0.3, 0.4) is 0 Å². The lowest BCUT2D eigenvalue weighted by atomic mass is 10.1. The second-order valence-corrected chi connectivity index (χ2v) is 7.70. The number of allylic oxidation sites excluding steroid dienone is 1. The second kappa shape index (κ2) is 11.9. The molecule has 7 nitrogen and oxygen atoms in total. The molecular weight excluding hydrogens is 470 g/mol. The molecule has 182 valence electrons. The summed E-state index contributed by atoms with van der Waals surface area (Å²) in [5.74, 6) is 1.55. The average molecular weight is 496 g/mol. The summed E-state index contributed by atoms with van der Waals surface area (Å²) in [6.07, 6.45) is 6.53. The Morgan fingerprint density at radius 1 is 0.829 bits per heavy atom. The van der Waals surface area contributed by atoms with Crippen LogP contribution in [0.25, 0.3) is 12.2 Å². The van der Waals surface area contributed by atoms with Crippen LogP contribution in [0.15, 0.2) is 60.8 Å². The van der Waals surface area contributed by atoms with Crippen LogP contribution in [-0.4, -0.2) is 39.3 Å². The van der Waals surface area contributed by atoms with Gasteiger partial charge in [-0.1, -0.05) is 23.8 Å². The quantitative estimate of drug-likeness (QED) is 0.201. The largest absolute Gasteiger partial charge is 0.504 e. The van der Waals surface area contributed by atoms with Crippen molar-refractivity contribution in [3.63, 3.8) is 0 Å². The van der Waals surface area contributed by atoms with Crippen molar-refractivity contribution in [1.82, 2.24) is 0 Å². The maximum Gasteiger partial charge on any atom is 0.203 e. The molecule has 0 heterocycles. The van der Waals surface area contributed by atoms with Crippen LogP contribution in [0.5, 0.6) is 28.7 Å². The molecular formula is C27H26ClNO6. The van der Waals surface area contributed by atoms with E-state index in [9.17, 15) is 9.90 Å². The van der Waals surface area contributed by atoms with E-state index in [1.807, 2.05) is 24.3 Å². The van der Waals surface area contributed by atoms with E-state index < -0.39 is 0 Å². The van der Waals surface area contributed by atoms with Crippen LogP contribution in [-0.2, 0) is 0 Å². The molecule has 0 saturated heterocycles. The number of hydrogen-bond donors (Lipinski definition) is 2. The van der Waals surface area contributed by atoms with Crippen molar-refractivity contribution in [3.05, 3.63) is 82.5 Å². The maximum atomic E-state index is 12.4. The van der Waals surface area contributed by atoms with E-state index in [1.54, 1.807) is 57.7 Å².